The number of methoxy groups -OCH3 is 1. The maximum Gasteiger partial charge on any atom is 0.121 e. The molecule has 2 aliphatic rings. The van der Waals surface area contributed by atoms with Crippen molar-refractivity contribution in [3.63, 3.8) is 0 Å². The normalized spacial score (nSPS) is 27.9. The van der Waals surface area contributed by atoms with E-state index in [4.69, 9.17) is 14.5 Å². The molecule has 2 aliphatic heterocycles. The number of rotatable bonds is 4. The molecule has 3 heterocycles. The van der Waals surface area contributed by atoms with Crippen molar-refractivity contribution in [1.29, 1.82) is 0 Å². The Morgan fingerprint density at radius 1 is 1.43 bits per heavy atom. The smallest absolute Gasteiger partial charge is 0.121 e. The molecule has 23 heavy (non-hydrogen) atoms. The monoisotopic (exact) mass is 315 g/mol. The quantitative estimate of drug-likeness (QED) is 0.940. The van der Waals surface area contributed by atoms with E-state index in [1.165, 1.54) is 11.1 Å². The molecule has 0 spiro atoms. The van der Waals surface area contributed by atoms with E-state index in [1.54, 1.807) is 7.11 Å². The molecule has 1 N–H and O–H groups in total. The molecule has 5 nitrogen and oxygen atoms in total. The van der Waals surface area contributed by atoms with Gasteiger partial charge in [0, 0.05) is 31.5 Å². The number of nitrogens with zero attached hydrogens (tertiary/aromatic N) is 2. The molecule has 2 atom stereocenters. The van der Waals surface area contributed by atoms with E-state index in [0.29, 0.717) is 5.92 Å². The number of aryl methyl sites for hydroxylation is 2. The lowest BCUT2D eigenvalue weighted by Gasteiger charge is -2.25. The largest absolute Gasteiger partial charge is 0.384 e. The number of nitrogens with one attached hydrogen (secondary N) is 1. The number of hydrogen-bond acceptors (Lipinski definition) is 4. The number of fused-ring (bicyclic) bond motifs is 2. The first-order chi connectivity index (χ1) is 11.1. The molecule has 4 rings (SSSR count). The summed E-state index contributed by atoms with van der Waals surface area (Å²) in [5.74, 6) is 1.64. The third kappa shape index (κ3) is 2.47. The molecule has 0 unspecified atom stereocenters. The second kappa shape index (κ2) is 5.58. The Morgan fingerprint density at radius 2 is 2.30 bits per heavy atom. The van der Waals surface area contributed by atoms with Gasteiger partial charge < -0.3 is 14.5 Å². The SMILES string of the molecule is COC[C@@]12COC[C@@H]1CN(Cc1nc3c(C)c(C)ccc3[nH]1)C2. The van der Waals surface area contributed by atoms with Crippen LogP contribution in [0, 0.1) is 25.2 Å². The summed E-state index contributed by atoms with van der Waals surface area (Å²) in [4.78, 5) is 10.8. The number of likely N-dealkylation sites (tertiary alicyclic amines) is 1. The second-order valence-corrected chi connectivity index (χ2v) is 7.26. The summed E-state index contributed by atoms with van der Waals surface area (Å²) in [7, 11) is 1.79. The molecule has 5 heteroatoms. The fourth-order valence-corrected chi connectivity index (χ4v) is 4.21. The van der Waals surface area contributed by atoms with Crippen LogP contribution in [0.1, 0.15) is 17.0 Å². The van der Waals surface area contributed by atoms with Crippen molar-refractivity contribution in [2.75, 3.05) is 40.0 Å². The number of benzene rings is 1. The van der Waals surface area contributed by atoms with Crippen molar-refractivity contribution in [3.05, 3.63) is 29.1 Å². The molecule has 2 saturated heterocycles. The van der Waals surface area contributed by atoms with Crippen LogP contribution >= 0.6 is 0 Å². The van der Waals surface area contributed by atoms with Crippen LogP contribution in [0.4, 0.5) is 0 Å². The molecule has 0 aliphatic carbocycles. The summed E-state index contributed by atoms with van der Waals surface area (Å²) in [6.07, 6.45) is 0. The minimum absolute atomic E-state index is 0.174. The average molecular weight is 315 g/mol. The summed E-state index contributed by atoms with van der Waals surface area (Å²) in [6.45, 7) is 9.71. The fourth-order valence-electron chi connectivity index (χ4n) is 4.21. The molecule has 1 aromatic heterocycles. The van der Waals surface area contributed by atoms with Crippen LogP contribution in [0.5, 0.6) is 0 Å². The number of aromatic nitrogens is 2. The maximum atomic E-state index is 5.71. The van der Waals surface area contributed by atoms with Crippen molar-refractivity contribution in [2.24, 2.45) is 11.3 Å². The molecular weight excluding hydrogens is 290 g/mol. The van der Waals surface area contributed by atoms with Crippen molar-refractivity contribution < 1.29 is 9.47 Å². The van der Waals surface area contributed by atoms with Crippen LogP contribution in [0.2, 0.25) is 0 Å². The summed E-state index contributed by atoms with van der Waals surface area (Å²) in [5.41, 5.74) is 4.98. The first kappa shape index (κ1) is 15.1. The Labute approximate surface area is 137 Å². The van der Waals surface area contributed by atoms with E-state index in [9.17, 15) is 0 Å². The zero-order valence-electron chi connectivity index (χ0n) is 14.2. The highest BCUT2D eigenvalue weighted by Gasteiger charge is 2.50. The Balaban J connectivity index is 1.54. The molecule has 0 radical (unpaired) electrons. The standard InChI is InChI=1S/C18H25N3O2/c1-12-4-5-15-17(13(12)2)20-16(19-15)7-21-6-14-8-23-11-18(14,9-21)10-22-3/h4-5,14H,6-11H2,1-3H3,(H,19,20)/t14-,18-/m0/s1. The van der Waals surface area contributed by atoms with Gasteiger partial charge in [0.25, 0.3) is 0 Å². The summed E-state index contributed by atoms with van der Waals surface area (Å²) < 4.78 is 11.2. The topological polar surface area (TPSA) is 50.4 Å². The molecule has 2 fully saturated rings. The number of imidazole rings is 1. The van der Waals surface area contributed by atoms with E-state index in [2.05, 4.69) is 35.9 Å². The second-order valence-electron chi connectivity index (χ2n) is 7.26. The molecule has 0 amide bonds. The van der Waals surface area contributed by atoms with Crippen LogP contribution in [0.15, 0.2) is 12.1 Å². The van der Waals surface area contributed by atoms with E-state index in [-0.39, 0.29) is 5.41 Å². The first-order valence-electron chi connectivity index (χ1n) is 8.35. The van der Waals surface area contributed by atoms with Gasteiger partial charge in [0.1, 0.15) is 5.82 Å². The van der Waals surface area contributed by atoms with E-state index < -0.39 is 0 Å². The summed E-state index contributed by atoms with van der Waals surface area (Å²) in [5, 5.41) is 0. The molecule has 0 saturated carbocycles. The number of ether oxygens (including phenoxy) is 2. The van der Waals surface area contributed by atoms with Gasteiger partial charge in [-0.05, 0) is 31.0 Å². The lowest BCUT2D eigenvalue weighted by molar-refractivity contribution is 0.0531. The highest BCUT2D eigenvalue weighted by atomic mass is 16.5. The summed E-state index contributed by atoms with van der Waals surface area (Å²) in [6, 6.07) is 4.29. The lowest BCUT2D eigenvalue weighted by Crippen LogP contribution is -2.35. The number of hydrogen-bond donors (Lipinski definition) is 1. The predicted octanol–water partition coefficient (Wildman–Crippen LogP) is 2.27. The highest BCUT2D eigenvalue weighted by molar-refractivity contribution is 5.79. The maximum absolute atomic E-state index is 5.71. The van der Waals surface area contributed by atoms with Gasteiger partial charge in [0.2, 0.25) is 0 Å². The average Bonchev–Trinajstić information content (AvgIpc) is 3.16. The van der Waals surface area contributed by atoms with Crippen LogP contribution in [0.3, 0.4) is 0 Å². The van der Waals surface area contributed by atoms with E-state index in [0.717, 1.165) is 56.3 Å². The van der Waals surface area contributed by atoms with Gasteiger partial charge in [-0.2, -0.15) is 0 Å². The van der Waals surface area contributed by atoms with Crippen LogP contribution in [-0.4, -0.2) is 54.9 Å². The third-order valence-electron chi connectivity index (χ3n) is 5.62. The van der Waals surface area contributed by atoms with Crippen LogP contribution in [-0.2, 0) is 16.0 Å². The van der Waals surface area contributed by atoms with E-state index in [1.807, 2.05) is 0 Å². The number of aromatic amines is 1. The number of H-pyrrole nitrogens is 1. The molecule has 124 valence electrons. The highest BCUT2D eigenvalue weighted by Crippen LogP contribution is 2.41. The van der Waals surface area contributed by atoms with Gasteiger partial charge in [-0.1, -0.05) is 6.07 Å². The Morgan fingerprint density at radius 3 is 3.13 bits per heavy atom. The van der Waals surface area contributed by atoms with Gasteiger partial charge >= 0.3 is 0 Å². The Kier molecular flexibility index (Phi) is 3.67. The fraction of sp³-hybridized carbons (Fsp3) is 0.611. The van der Waals surface area contributed by atoms with Crippen molar-refractivity contribution in [3.8, 4) is 0 Å². The Hall–Kier alpha value is -1.43. The van der Waals surface area contributed by atoms with Crippen molar-refractivity contribution >= 4 is 11.0 Å². The lowest BCUT2D eigenvalue weighted by atomic mass is 9.82. The van der Waals surface area contributed by atoms with Gasteiger partial charge in [-0.15, -0.1) is 0 Å². The van der Waals surface area contributed by atoms with Crippen molar-refractivity contribution in [2.45, 2.75) is 20.4 Å². The minimum Gasteiger partial charge on any atom is -0.384 e. The van der Waals surface area contributed by atoms with Gasteiger partial charge in [-0.3, -0.25) is 4.90 Å². The minimum atomic E-state index is 0.174. The first-order valence-corrected chi connectivity index (χ1v) is 8.35. The van der Waals surface area contributed by atoms with Gasteiger partial charge in [0.15, 0.2) is 0 Å². The van der Waals surface area contributed by atoms with Gasteiger partial charge in [0.05, 0.1) is 37.4 Å². The molecule has 2 aromatic rings. The zero-order valence-corrected chi connectivity index (χ0v) is 14.2. The Bertz CT molecular complexity index is 726. The molecule has 1 aromatic carbocycles. The van der Waals surface area contributed by atoms with Crippen LogP contribution in [0.25, 0.3) is 11.0 Å². The summed E-state index contributed by atoms with van der Waals surface area (Å²) >= 11 is 0. The van der Waals surface area contributed by atoms with Crippen LogP contribution < -0.4 is 0 Å². The predicted molar refractivity (Wildman–Crippen MR) is 89.5 cm³/mol. The van der Waals surface area contributed by atoms with Gasteiger partial charge in [-0.25, -0.2) is 4.98 Å². The van der Waals surface area contributed by atoms with Crippen molar-refractivity contribution in [1.82, 2.24) is 14.9 Å². The molecule has 0 bridgehead atoms. The molecular formula is C18H25N3O2. The zero-order chi connectivity index (χ0) is 16.0. The third-order valence-corrected chi connectivity index (χ3v) is 5.62. The van der Waals surface area contributed by atoms with E-state index >= 15 is 0 Å².